The Morgan fingerprint density at radius 3 is 2.71 bits per heavy atom. The van der Waals surface area contributed by atoms with Crippen LogP contribution in [0.15, 0.2) is 54.9 Å². The van der Waals surface area contributed by atoms with E-state index in [1.807, 2.05) is 37.4 Å². The monoisotopic (exact) mass is 420 g/mol. The molecule has 0 radical (unpaired) electrons. The first-order chi connectivity index (χ1) is 15.1. The lowest BCUT2D eigenvalue weighted by Crippen LogP contribution is -2.31. The van der Waals surface area contributed by atoms with Gasteiger partial charge in [0.1, 0.15) is 17.9 Å². The van der Waals surface area contributed by atoms with Crippen molar-refractivity contribution in [2.45, 2.75) is 38.5 Å². The van der Waals surface area contributed by atoms with Gasteiger partial charge in [-0.25, -0.2) is 14.4 Å². The third-order valence-electron chi connectivity index (χ3n) is 5.18. The predicted octanol–water partition coefficient (Wildman–Crippen LogP) is 4.67. The molecule has 0 N–H and O–H groups in total. The molecular formula is C25H29FN4O. The maximum atomic E-state index is 13.6. The first-order valence-electron chi connectivity index (χ1n) is 10.7. The van der Waals surface area contributed by atoms with Gasteiger partial charge in [0.15, 0.2) is 0 Å². The van der Waals surface area contributed by atoms with E-state index in [1.165, 1.54) is 6.07 Å². The van der Waals surface area contributed by atoms with Crippen molar-refractivity contribution in [1.82, 2.24) is 19.9 Å². The topological polar surface area (TPSA) is 59.0 Å². The number of aldehydes is 1. The van der Waals surface area contributed by atoms with Crippen LogP contribution in [0.4, 0.5) is 4.39 Å². The minimum absolute atomic E-state index is 0.219. The highest BCUT2D eigenvalue weighted by Crippen LogP contribution is 2.27. The van der Waals surface area contributed by atoms with Crippen molar-refractivity contribution in [3.63, 3.8) is 0 Å². The maximum Gasteiger partial charge on any atom is 0.133 e. The van der Waals surface area contributed by atoms with E-state index < -0.39 is 0 Å². The first kappa shape index (κ1) is 22.7. The number of carbonyl (C=O) groups is 1. The van der Waals surface area contributed by atoms with Gasteiger partial charge in [0.2, 0.25) is 0 Å². The SMILES string of the molecule is CCC=O.CN1CCCC(c2nc(Cc3cccc(F)c3)cc(-c3cccnc3)n2)C1. The molecule has 1 fully saturated rings. The lowest BCUT2D eigenvalue weighted by molar-refractivity contribution is -0.107. The Balaban J connectivity index is 0.000000628. The summed E-state index contributed by atoms with van der Waals surface area (Å²) in [6, 6.07) is 12.6. The molecule has 1 unspecified atom stereocenters. The van der Waals surface area contributed by atoms with Crippen LogP contribution >= 0.6 is 0 Å². The Morgan fingerprint density at radius 1 is 1.19 bits per heavy atom. The Morgan fingerprint density at radius 2 is 2.03 bits per heavy atom. The first-order valence-corrected chi connectivity index (χ1v) is 10.7. The number of halogens is 1. The average molecular weight is 421 g/mol. The summed E-state index contributed by atoms with van der Waals surface area (Å²) in [4.78, 5) is 25.5. The molecule has 6 heteroatoms. The number of likely N-dealkylation sites (N-methyl/N-ethyl adjacent to an activating group) is 1. The van der Waals surface area contributed by atoms with E-state index in [0.29, 0.717) is 18.8 Å². The molecule has 3 heterocycles. The zero-order valence-electron chi connectivity index (χ0n) is 18.2. The van der Waals surface area contributed by atoms with Crippen LogP contribution in [0.25, 0.3) is 11.3 Å². The summed E-state index contributed by atoms with van der Waals surface area (Å²) in [5.41, 5.74) is 3.69. The molecule has 1 aromatic carbocycles. The highest BCUT2D eigenvalue weighted by atomic mass is 19.1. The number of likely N-dealkylation sites (tertiary alicyclic amines) is 1. The lowest BCUT2D eigenvalue weighted by atomic mass is 9.97. The lowest BCUT2D eigenvalue weighted by Gasteiger charge is -2.29. The molecule has 0 bridgehead atoms. The van der Waals surface area contributed by atoms with E-state index in [9.17, 15) is 9.18 Å². The molecule has 1 aliphatic rings. The van der Waals surface area contributed by atoms with Gasteiger partial charge in [-0.2, -0.15) is 0 Å². The summed E-state index contributed by atoms with van der Waals surface area (Å²) in [7, 11) is 2.14. The summed E-state index contributed by atoms with van der Waals surface area (Å²) < 4.78 is 13.6. The van der Waals surface area contributed by atoms with Crippen LogP contribution < -0.4 is 0 Å². The van der Waals surface area contributed by atoms with E-state index in [2.05, 4.69) is 16.9 Å². The molecular weight excluding hydrogens is 391 g/mol. The highest BCUT2D eigenvalue weighted by Gasteiger charge is 2.22. The second-order valence-electron chi connectivity index (χ2n) is 7.83. The van der Waals surface area contributed by atoms with E-state index >= 15 is 0 Å². The van der Waals surface area contributed by atoms with Crippen molar-refractivity contribution in [1.29, 1.82) is 0 Å². The molecule has 31 heavy (non-hydrogen) atoms. The van der Waals surface area contributed by atoms with Crippen LogP contribution in [0.5, 0.6) is 0 Å². The standard InChI is InChI=1S/C22H23FN4.C3H6O/c1-27-10-4-7-18(15-27)22-25-20(12-16-5-2-8-19(23)11-16)13-21(26-22)17-6-3-9-24-14-17;1-2-3-4/h2-3,5-6,8-9,11,13-14,18H,4,7,10,12,15H2,1H3;3H,2H2,1H3. The maximum absolute atomic E-state index is 13.6. The number of rotatable bonds is 5. The second kappa shape index (κ2) is 11.4. The third-order valence-corrected chi connectivity index (χ3v) is 5.18. The van der Waals surface area contributed by atoms with E-state index in [1.54, 1.807) is 18.3 Å². The molecule has 0 saturated carbocycles. The van der Waals surface area contributed by atoms with Gasteiger partial charge in [-0.05, 0) is 62.3 Å². The number of nitrogens with zero attached hydrogens (tertiary/aromatic N) is 4. The van der Waals surface area contributed by atoms with E-state index in [0.717, 1.165) is 60.6 Å². The quantitative estimate of drug-likeness (QED) is 0.561. The van der Waals surface area contributed by atoms with Crippen LogP contribution in [0.1, 0.15) is 49.2 Å². The fourth-order valence-corrected chi connectivity index (χ4v) is 3.69. The van der Waals surface area contributed by atoms with Crippen LogP contribution in [0.3, 0.4) is 0 Å². The van der Waals surface area contributed by atoms with Gasteiger partial charge < -0.3 is 9.69 Å². The largest absolute Gasteiger partial charge is 0.306 e. The third kappa shape index (κ3) is 6.76. The molecule has 1 atom stereocenters. The van der Waals surface area contributed by atoms with Crippen LogP contribution in [0, 0.1) is 5.82 Å². The Hall–Kier alpha value is -2.99. The zero-order chi connectivity index (χ0) is 22.1. The molecule has 0 aliphatic carbocycles. The Labute approximate surface area is 183 Å². The van der Waals surface area contributed by atoms with Crippen molar-refractivity contribution >= 4 is 6.29 Å². The van der Waals surface area contributed by atoms with Crippen molar-refractivity contribution in [3.8, 4) is 11.3 Å². The molecule has 0 spiro atoms. The summed E-state index contributed by atoms with van der Waals surface area (Å²) >= 11 is 0. The number of piperidine rings is 1. The number of benzene rings is 1. The fraction of sp³-hybridized carbons (Fsp3) is 0.360. The van der Waals surface area contributed by atoms with Gasteiger partial charge in [0.25, 0.3) is 0 Å². The number of hydrogen-bond acceptors (Lipinski definition) is 5. The van der Waals surface area contributed by atoms with Gasteiger partial charge in [-0.15, -0.1) is 0 Å². The molecule has 4 rings (SSSR count). The van der Waals surface area contributed by atoms with Crippen molar-refractivity contribution in [3.05, 3.63) is 77.8 Å². The summed E-state index contributed by atoms with van der Waals surface area (Å²) in [5, 5.41) is 0. The molecule has 5 nitrogen and oxygen atoms in total. The number of carbonyl (C=O) groups excluding carboxylic acids is 1. The minimum atomic E-state index is -0.219. The van der Waals surface area contributed by atoms with Gasteiger partial charge in [-0.1, -0.05) is 19.1 Å². The molecule has 3 aromatic rings. The Kier molecular flexibility index (Phi) is 8.35. The van der Waals surface area contributed by atoms with E-state index in [4.69, 9.17) is 9.97 Å². The normalized spacial score (nSPS) is 16.3. The smallest absolute Gasteiger partial charge is 0.133 e. The van der Waals surface area contributed by atoms with Crippen LogP contribution in [-0.4, -0.2) is 46.3 Å². The van der Waals surface area contributed by atoms with E-state index in [-0.39, 0.29) is 5.82 Å². The molecule has 0 amide bonds. The average Bonchev–Trinajstić information content (AvgIpc) is 2.80. The number of aromatic nitrogens is 3. The number of hydrogen-bond donors (Lipinski definition) is 0. The van der Waals surface area contributed by atoms with Crippen LogP contribution in [-0.2, 0) is 11.2 Å². The zero-order valence-corrected chi connectivity index (χ0v) is 18.2. The van der Waals surface area contributed by atoms with Gasteiger partial charge in [0, 0.05) is 49.0 Å². The summed E-state index contributed by atoms with van der Waals surface area (Å²) in [6.07, 6.45) is 7.94. The summed E-state index contributed by atoms with van der Waals surface area (Å²) in [6.45, 7) is 3.90. The van der Waals surface area contributed by atoms with Gasteiger partial charge in [-0.3, -0.25) is 4.98 Å². The van der Waals surface area contributed by atoms with Crippen molar-refractivity contribution in [2.75, 3.05) is 20.1 Å². The van der Waals surface area contributed by atoms with Crippen LogP contribution in [0.2, 0.25) is 0 Å². The number of pyridine rings is 1. The molecule has 162 valence electrons. The second-order valence-corrected chi connectivity index (χ2v) is 7.83. The van der Waals surface area contributed by atoms with Crippen molar-refractivity contribution < 1.29 is 9.18 Å². The highest BCUT2D eigenvalue weighted by molar-refractivity contribution is 5.58. The minimum Gasteiger partial charge on any atom is -0.306 e. The molecule has 1 saturated heterocycles. The Bertz CT molecular complexity index is 980. The summed E-state index contributed by atoms with van der Waals surface area (Å²) in [5.74, 6) is 0.990. The van der Waals surface area contributed by atoms with Gasteiger partial charge >= 0.3 is 0 Å². The van der Waals surface area contributed by atoms with Gasteiger partial charge in [0.05, 0.1) is 5.69 Å². The molecule has 1 aliphatic heterocycles. The van der Waals surface area contributed by atoms with Crippen molar-refractivity contribution in [2.24, 2.45) is 0 Å². The molecule has 2 aromatic heterocycles. The predicted molar refractivity (Wildman–Crippen MR) is 120 cm³/mol. The fourth-order valence-electron chi connectivity index (χ4n) is 3.69.